The number of rotatable bonds is 13. The maximum absolute atomic E-state index is 15.2. The zero-order valence-electron chi connectivity index (χ0n) is 34.7. The molecule has 0 spiro atoms. The highest BCUT2D eigenvalue weighted by Gasteiger charge is 2.67. The lowest BCUT2D eigenvalue weighted by Crippen LogP contribution is -2.61. The van der Waals surface area contributed by atoms with Crippen molar-refractivity contribution in [1.29, 1.82) is 0 Å². The fourth-order valence-electron chi connectivity index (χ4n) is 15.7. The molecule has 1 heterocycles. The van der Waals surface area contributed by atoms with Crippen molar-refractivity contribution in [2.75, 3.05) is 7.11 Å². The maximum atomic E-state index is 15.2. The Morgan fingerprint density at radius 3 is 1.81 bits per heavy atom. The third-order valence-corrected chi connectivity index (χ3v) is 17.3. The molecular weight excluding hydrogens is 732 g/mol. The highest BCUT2D eigenvalue weighted by molar-refractivity contribution is 5.84. The van der Waals surface area contributed by atoms with E-state index in [-0.39, 0.29) is 66.2 Å². The molecular formula is C45H62O12. The molecule has 1 aliphatic heterocycles. The molecule has 11 fully saturated rings. The molecule has 0 aromatic heterocycles. The second-order valence-electron chi connectivity index (χ2n) is 22.4. The van der Waals surface area contributed by atoms with Crippen molar-refractivity contribution in [2.24, 2.45) is 68.5 Å². The van der Waals surface area contributed by atoms with Gasteiger partial charge < -0.3 is 28.8 Å². The molecule has 314 valence electrons. The monoisotopic (exact) mass is 794 g/mol. The third-order valence-electron chi connectivity index (χ3n) is 17.3. The zero-order chi connectivity index (χ0) is 40.7. The van der Waals surface area contributed by atoms with Crippen LogP contribution in [-0.4, -0.2) is 71.4 Å². The van der Waals surface area contributed by atoms with Gasteiger partial charge in [-0.3, -0.25) is 28.8 Å². The topological polar surface area (TPSA) is 169 Å². The van der Waals surface area contributed by atoms with Crippen LogP contribution in [-0.2, 0) is 52.5 Å². The predicted octanol–water partition coefficient (Wildman–Crippen LogP) is 6.73. The van der Waals surface area contributed by atoms with Gasteiger partial charge in [-0.1, -0.05) is 6.92 Å². The number of hydrogen-bond acceptors (Lipinski definition) is 11. The van der Waals surface area contributed by atoms with Crippen molar-refractivity contribution in [2.45, 2.75) is 167 Å². The first-order chi connectivity index (χ1) is 26.7. The van der Waals surface area contributed by atoms with Crippen LogP contribution in [0.15, 0.2) is 0 Å². The molecule has 10 bridgehead atoms. The average Bonchev–Trinajstić information content (AvgIpc) is 3.75. The fourth-order valence-corrected chi connectivity index (χ4v) is 15.7. The number of aliphatic carboxylic acids is 1. The molecule has 10 saturated carbocycles. The number of ether oxygens (including phenoxy) is 5. The third kappa shape index (κ3) is 6.08. The summed E-state index contributed by atoms with van der Waals surface area (Å²) in [4.78, 5) is 82.6. The Hall–Kier alpha value is -3.18. The molecule has 11 rings (SSSR count). The molecule has 12 nitrogen and oxygen atoms in total. The van der Waals surface area contributed by atoms with Crippen LogP contribution < -0.4 is 0 Å². The fraction of sp³-hybridized carbons (Fsp3) is 0.867. The van der Waals surface area contributed by atoms with E-state index in [1.807, 2.05) is 6.92 Å². The van der Waals surface area contributed by atoms with Gasteiger partial charge in [0.1, 0.15) is 23.4 Å². The van der Waals surface area contributed by atoms with Crippen molar-refractivity contribution >= 4 is 35.8 Å². The van der Waals surface area contributed by atoms with Crippen LogP contribution in [0.3, 0.4) is 0 Å². The van der Waals surface area contributed by atoms with Crippen molar-refractivity contribution in [3.05, 3.63) is 0 Å². The quantitative estimate of drug-likeness (QED) is 0.154. The van der Waals surface area contributed by atoms with Crippen molar-refractivity contribution < 1.29 is 57.6 Å². The van der Waals surface area contributed by atoms with Gasteiger partial charge in [0.05, 0.1) is 40.1 Å². The highest BCUT2D eigenvalue weighted by Crippen LogP contribution is 2.65. The van der Waals surface area contributed by atoms with Gasteiger partial charge in [-0.2, -0.15) is 0 Å². The summed E-state index contributed by atoms with van der Waals surface area (Å²) in [5, 5.41) is 10.3. The molecule has 0 aromatic rings. The Labute approximate surface area is 335 Å². The minimum absolute atomic E-state index is 0.00861. The minimum Gasteiger partial charge on any atom is -0.481 e. The van der Waals surface area contributed by atoms with E-state index in [4.69, 9.17) is 23.7 Å². The molecule has 0 radical (unpaired) electrons. The predicted molar refractivity (Wildman–Crippen MR) is 201 cm³/mol. The van der Waals surface area contributed by atoms with E-state index in [0.29, 0.717) is 64.2 Å². The summed E-state index contributed by atoms with van der Waals surface area (Å²) in [7, 11) is 1.42. The standard InChI is InChI=1S/C45H62O12/c1-7-40(4,36(50)55-31-28-10-29-30(11-28)33(46)54-32(29)31)21-41(5,37(51)57-45-18-26-9-27(19-45)15-43(14-26,23-45)38(52)53-6)20-39(2,3)35(49)56-44-16-24-8-25(17-44)13-42(12-24,22-44)34(47)48/h24-32H,7-23H2,1-6H3,(H,47,48). The lowest BCUT2D eigenvalue weighted by atomic mass is 9.47. The number of methoxy groups -OCH3 is 1. The Bertz CT molecular complexity index is 1750. The first kappa shape index (κ1) is 39.3. The van der Waals surface area contributed by atoms with Gasteiger partial charge in [-0.15, -0.1) is 0 Å². The summed E-state index contributed by atoms with van der Waals surface area (Å²) < 4.78 is 30.6. The first-order valence-corrected chi connectivity index (χ1v) is 21.9. The summed E-state index contributed by atoms with van der Waals surface area (Å²) in [5.74, 6) is -1.90. The van der Waals surface area contributed by atoms with E-state index in [2.05, 4.69) is 0 Å². The summed E-state index contributed by atoms with van der Waals surface area (Å²) in [6, 6.07) is 0. The molecule has 1 N–H and O–H groups in total. The highest BCUT2D eigenvalue weighted by atomic mass is 16.6. The summed E-state index contributed by atoms with van der Waals surface area (Å²) in [5.41, 5.74) is -7.07. The van der Waals surface area contributed by atoms with Gasteiger partial charge in [0.2, 0.25) is 0 Å². The molecule has 11 aliphatic rings. The molecule has 0 aromatic carbocycles. The number of carboxylic acids is 1. The molecule has 57 heavy (non-hydrogen) atoms. The Morgan fingerprint density at radius 2 is 1.26 bits per heavy atom. The lowest BCUT2D eigenvalue weighted by Gasteiger charge is -2.60. The molecule has 11 atom stereocenters. The van der Waals surface area contributed by atoms with Crippen molar-refractivity contribution in [1.82, 2.24) is 0 Å². The normalized spacial score (nSPS) is 44.9. The van der Waals surface area contributed by atoms with Gasteiger partial charge in [0.25, 0.3) is 0 Å². The summed E-state index contributed by atoms with van der Waals surface area (Å²) >= 11 is 0. The van der Waals surface area contributed by atoms with Crippen LogP contribution in [0.4, 0.5) is 0 Å². The number of carbonyl (C=O) groups excluding carboxylic acids is 5. The Balaban J connectivity index is 0.993. The van der Waals surface area contributed by atoms with Crippen LogP contribution in [0.5, 0.6) is 0 Å². The van der Waals surface area contributed by atoms with E-state index in [9.17, 15) is 29.1 Å². The van der Waals surface area contributed by atoms with E-state index in [1.165, 1.54) is 7.11 Å². The molecule has 12 heteroatoms. The van der Waals surface area contributed by atoms with Gasteiger partial charge in [0, 0.05) is 24.7 Å². The Morgan fingerprint density at radius 1 is 0.719 bits per heavy atom. The summed E-state index contributed by atoms with van der Waals surface area (Å²) in [6.07, 6.45) is 8.75. The van der Waals surface area contributed by atoms with Crippen LogP contribution in [0, 0.1) is 68.5 Å². The molecule has 0 amide bonds. The van der Waals surface area contributed by atoms with E-state index < -0.39 is 74.4 Å². The van der Waals surface area contributed by atoms with Crippen LogP contribution >= 0.6 is 0 Å². The summed E-state index contributed by atoms with van der Waals surface area (Å²) in [6.45, 7) is 9.03. The number of esters is 5. The van der Waals surface area contributed by atoms with Crippen LogP contribution in [0.2, 0.25) is 0 Å². The van der Waals surface area contributed by atoms with Gasteiger partial charge >= 0.3 is 35.8 Å². The lowest BCUT2D eigenvalue weighted by molar-refractivity contribution is -0.222. The second-order valence-corrected chi connectivity index (χ2v) is 22.4. The van der Waals surface area contributed by atoms with Gasteiger partial charge in [0.15, 0.2) is 0 Å². The second kappa shape index (κ2) is 12.7. The number of carboxylic acid groups (broad SMARTS) is 1. The molecule has 10 aliphatic carbocycles. The molecule has 11 unspecified atom stereocenters. The van der Waals surface area contributed by atoms with Crippen molar-refractivity contribution in [3.8, 4) is 0 Å². The van der Waals surface area contributed by atoms with E-state index >= 15 is 4.79 Å². The smallest absolute Gasteiger partial charge is 0.312 e. The van der Waals surface area contributed by atoms with Crippen LogP contribution in [0.25, 0.3) is 0 Å². The van der Waals surface area contributed by atoms with E-state index in [0.717, 1.165) is 32.1 Å². The zero-order valence-corrected chi connectivity index (χ0v) is 34.7. The maximum Gasteiger partial charge on any atom is 0.312 e. The average molecular weight is 795 g/mol. The Kier molecular flexibility index (Phi) is 8.73. The van der Waals surface area contributed by atoms with Gasteiger partial charge in [-0.05, 0) is 148 Å². The molecule has 1 saturated heterocycles. The van der Waals surface area contributed by atoms with Crippen molar-refractivity contribution in [3.63, 3.8) is 0 Å². The van der Waals surface area contributed by atoms with E-state index in [1.54, 1.807) is 27.7 Å². The first-order valence-electron chi connectivity index (χ1n) is 21.9. The number of fused-ring (bicyclic) bond motifs is 1. The van der Waals surface area contributed by atoms with Gasteiger partial charge in [-0.25, -0.2) is 0 Å². The van der Waals surface area contributed by atoms with Crippen LogP contribution in [0.1, 0.15) is 144 Å². The number of carbonyl (C=O) groups is 6. The largest absolute Gasteiger partial charge is 0.481 e. The SMILES string of the molecule is CCC(C)(CC(C)(CC(C)(C)C(=O)OC12CC3CC(C1)CC(C(=O)O)(C3)C2)C(=O)OC12CC3CC(C1)CC(C(=O)OC)(C3)C2)C(=O)OC1C2CC3C(=O)OC1C3C2. The number of hydrogen-bond donors (Lipinski definition) is 1. The minimum atomic E-state index is -1.38.